The van der Waals surface area contributed by atoms with Gasteiger partial charge in [-0.3, -0.25) is 9.59 Å². The Hall–Kier alpha value is -1.10. The average Bonchev–Trinajstić information content (AvgIpc) is 2.18. The lowest BCUT2D eigenvalue weighted by Crippen LogP contribution is -2.40. The Morgan fingerprint density at radius 2 is 1.87 bits per heavy atom. The van der Waals surface area contributed by atoms with Crippen LogP contribution in [0.15, 0.2) is 0 Å². The first-order chi connectivity index (χ1) is 7.02. The second kappa shape index (κ2) is 4.61. The van der Waals surface area contributed by atoms with Crippen LogP contribution in [0.5, 0.6) is 0 Å². The summed E-state index contributed by atoms with van der Waals surface area (Å²) in [5.41, 5.74) is -0.874. The third kappa shape index (κ3) is 2.47. The molecule has 5 heteroatoms. The molecule has 1 rings (SSSR count). The maximum atomic E-state index is 11.1. The molecule has 0 radical (unpaired) electrons. The molecule has 0 heterocycles. The van der Waals surface area contributed by atoms with Crippen LogP contribution in [-0.4, -0.2) is 35.9 Å². The maximum absolute atomic E-state index is 11.1. The van der Waals surface area contributed by atoms with Gasteiger partial charge in [0.15, 0.2) is 0 Å². The standard InChI is InChI=1S/C10H16O5/c1-15-6-10(9(13)14)4-2-7(3-5-10)8(11)12/h7H,2-6H2,1H3,(H,11,12)(H,13,14). The number of hydrogen-bond acceptors (Lipinski definition) is 3. The Bertz CT molecular complexity index is 253. The summed E-state index contributed by atoms with van der Waals surface area (Å²) in [5, 5.41) is 17.9. The lowest BCUT2D eigenvalue weighted by molar-refractivity contribution is -0.159. The van der Waals surface area contributed by atoms with E-state index in [4.69, 9.17) is 14.9 Å². The minimum absolute atomic E-state index is 0.161. The van der Waals surface area contributed by atoms with Gasteiger partial charge in [-0.05, 0) is 25.7 Å². The van der Waals surface area contributed by atoms with Crippen molar-refractivity contribution in [2.24, 2.45) is 11.3 Å². The topological polar surface area (TPSA) is 83.8 Å². The van der Waals surface area contributed by atoms with Gasteiger partial charge in [0.25, 0.3) is 0 Å². The van der Waals surface area contributed by atoms with Crippen molar-refractivity contribution >= 4 is 11.9 Å². The van der Waals surface area contributed by atoms with Crippen molar-refractivity contribution in [3.63, 3.8) is 0 Å². The van der Waals surface area contributed by atoms with Crippen LogP contribution in [0.25, 0.3) is 0 Å². The molecular weight excluding hydrogens is 200 g/mol. The van der Waals surface area contributed by atoms with Gasteiger partial charge in [-0.2, -0.15) is 0 Å². The largest absolute Gasteiger partial charge is 0.481 e. The molecule has 15 heavy (non-hydrogen) atoms. The van der Waals surface area contributed by atoms with Crippen LogP contribution < -0.4 is 0 Å². The predicted octanol–water partition coefficient (Wildman–Crippen LogP) is 0.979. The van der Waals surface area contributed by atoms with E-state index in [0.717, 1.165) is 0 Å². The van der Waals surface area contributed by atoms with Crippen LogP contribution in [0.4, 0.5) is 0 Å². The van der Waals surface area contributed by atoms with E-state index < -0.39 is 23.3 Å². The Morgan fingerprint density at radius 3 is 2.20 bits per heavy atom. The SMILES string of the molecule is COCC1(C(=O)O)CCC(C(=O)O)CC1. The molecule has 86 valence electrons. The summed E-state index contributed by atoms with van der Waals surface area (Å²) >= 11 is 0. The van der Waals surface area contributed by atoms with Crippen molar-refractivity contribution in [3.05, 3.63) is 0 Å². The van der Waals surface area contributed by atoms with Crippen molar-refractivity contribution in [3.8, 4) is 0 Å². The molecule has 2 N–H and O–H groups in total. The molecule has 0 aromatic carbocycles. The second-order valence-corrected chi connectivity index (χ2v) is 4.13. The predicted molar refractivity (Wildman–Crippen MR) is 51.5 cm³/mol. The fourth-order valence-electron chi connectivity index (χ4n) is 2.11. The minimum atomic E-state index is -0.881. The van der Waals surface area contributed by atoms with Crippen LogP contribution >= 0.6 is 0 Å². The van der Waals surface area contributed by atoms with Crippen molar-refractivity contribution in [1.29, 1.82) is 0 Å². The highest BCUT2D eigenvalue weighted by atomic mass is 16.5. The normalized spacial score (nSPS) is 31.1. The van der Waals surface area contributed by atoms with E-state index in [9.17, 15) is 9.59 Å². The maximum Gasteiger partial charge on any atom is 0.311 e. The highest BCUT2D eigenvalue weighted by Crippen LogP contribution is 2.39. The van der Waals surface area contributed by atoms with Gasteiger partial charge in [0.1, 0.15) is 0 Å². The number of rotatable bonds is 4. The summed E-state index contributed by atoms with van der Waals surface area (Å²) in [6, 6.07) is 0. The smallest absolute Gasteiger partial charge is 0.311 e. The van der Waals surface area contributed by atoms with Gasteiger partial charge in [0.2, 0.25) is 0 Å². The van der Waals surface area contributed by atoms with Crippen LogP contribution in [0.1, 0.15) is 25.7 Å². The summed E-state index contributed by atoms with van der Waals surface area (Å²) in [7, 11) is 1.47. The summed E-state index contributed by atoms with van der Waals surface area (Å²) in [6.45, 7) is 0.161. The number of methoxy groups -OCH3 is 1. The van der Waals surface area contributed by atoms with Crippen molar-refractivity contribution in [2.45, 2.75) is 25.7 Å². The molecular formula is C10H16O5. The highest BCUT2D eigenvalue weighted by molar-refractivity contribution is 5.76. The molecule has 0 spiro atoms. The van der Waals surface area contributed by atoms with Crippen molar-refractivity contribution in [1.82, 2.24) is 0 Å². The van der Waals surface area contributed by atoms with Crippen LogP contribution in [0.2, 0.25) is 0 Å². The third-order valence-corrected chi connectivity index (χ3v) is 3.17. The Labute approximate surface area is 88.0 Å². The van der Waals surface area contributed by atoms with Gasteiger partial charge < -0.3 is 14.9 Å². The van der Waals surface area contributed by atoms with E-state index in [1.165, 1.54) is 7.11 Å². The van der Waals surface area contributed by atoms with Gasteiger partial charge in [0, 0.05) is 7.11 Å². The zero-order valence-electron chi connectivity index (χ0n) is 8.73. The van der Waals surface area contributed by atoms with Crippen molar-refractivity contribution in [2.75, 3.05) is 13.7 Å². The van der Waals surface area contributed by atoms with E-state index in [1.807, 2.05) is 0 Å². The molecule has 0 amide bonds. The van der Waals surface area contributed by atoms with Crippen LogP contribution in [0, 0.1) is 11.3 Å². The summed E-state index contributed by atoms with van der Waals surface area (Å²) in [4.78, 5) is 21.8. The van der Waals surface area contributed by atoms with Crippen molar-refractivity contribution < 1.29 is 24.5 Å². The fraction of sp³-hybridized carbons (Fsp3) is 0.800. The molecule has 5 nitrogen and oxygen atoms in total. The number of carbonyl (C=O) groups is 2. The van der Waals surface area contributed by atoms with Crippen LogP contribution in [0.3, 0.4) is 0 Å². The lowest BCUT2D eigenvalue weighted by atomic mass is 9.71. The molecule has 1 saturated carbocycles. The molecule has 1 aliphatic rings. The van der Waals surface area contributed by atoms with E-state index in [2.05, 4.69) is 0 Å². The van der Waals surface area contributed by atoms with E-state index in [-0.39, 0.29) is 6.61 Å². The summed E-state index contributed by atoms with van der Waals surface area (Å²) < 4.78 is 4.91. The second-order valence-electron chi connectivity index (χ2n) is 4.13. The first-order valence-electron chi connectivity index (χ1n) is 4.97. The molecule has 0 atom stereocenters. The first kappa shape index (κ1) is 12.0. The van der Waals surface area contributed by atoms with Gasteiger partial charge in [0.05, 0.1) is 17.9 Å². The third-order valence-electron chi connectivity index (χ3n) is 3.17. The summed E-state index contributed by atoms with van der Waals surface area (Å²) in [5.74, 6) is -2.10. The number of carboxylic acid groups (broad SMARTS) is 2. The molecule has 0 aromatic heterocycles. The number of hydrogen-bond donors (Lipinski definition) is 2. The lowest BCUT2D eigenvalue weighted by Gasteiger charge is -2.34. The van der Waals surface area contributed by atoms with Gasteiger partial charge in [-0.25, -0.2) is 0 Å². The van der Waals surface area contributed by atoms with E-state index in [1.54, 1.807) is 0 Å². The molecule has 0 saturated heterocycles. The van der Waals surface area contributed by atoms with Gasteiger partial charge in [-0.1, -0.05) is 0 Å². The molecule has 1 fully saturated rings. The Balaban J connectivity index is 2.65. The monoisotopic (exact) mass is 216 g/mol. The quantitative estimate of drug-likeness (QED) is 0.731. The minimum Gasteiger partial charge on any atom is -0.481 e. The molecule has 0 unspecified atom stereocenters. The summed E-state index contributed by atoms with van der Waals surface area (Å²) in [6.07, 6.45) is 1.61. The zero-order valence-corrected chi connectivity index (χ0v) is 8.73. The van der Waals surface area contributed by atoms with E-state index in [0.29, 0.717) is 25.7 Å². The molecule has 1 aliphatic carbocycles. The van der Waals surface area contributed by atoms with Gasteiger partial charge >= 0.3 is 11.9 Å². The molecule has 0 aromatic rings. The highest BCUT2D eigenvalue weighted by Gasteiger charge is 2.43. The Kier molecular flexibility index (Phi) is 3.68. The van der Waals surface area contributed by atoms with Crippen LogP contribution in [-0.2, 0) is 14.3 Å². The number of aliphatic carboxylic acids is 2. The van der Waals surface area contributed by atoms with Gasteiger partial charge in [-0.15, -0.1) is 0 Å². The fourth-order valence-corrected chi connectivity index (χ4v) is 2.11. The molecule has 0 aliphatic heterocycles. The zero-order chi connectivity index (χ0) is 11.5. The first-order valence-corrected chi connectivity index (χ1v) is 4.97. The number of ether oxygens (including phenoxy) is 1. The molecule has 0 bridgehead atoms. The Morgan fingerprint density at radius 1 is 1.33 bits per heavy atom. The average molecular weight is 216 g/mol. The number of carboxylic acids is 2. The van der Waals surface area contributed by atoms with E-state index >= 15 is 0 Å².